The van der Waals surface area contributed by atoms with Gasteiger partial charge in [0.2, 0.25) is 11.8 Å². The highest BCUT2D eigenvalue weighted by Crippen LogP contribution is 2.25. The predicted molar refractivity (Wildman–Crippen MR) is 199 cm³/mol. The molecule has 6 rings (SSSR count). The molecule has 2 atom stereocenters. The predicted octanol–water partition coefficient (Wildman–Crippen LogP) is 0.940. The summed E-state index contributed by atoms with van der Waals surface area (Å²) in [6.45, 7) is 6.58. The molecule has 0 aromatic heterocycles. The first kappa shape index (κ1) is 42.0. The lowest BCUT2D eigenvalue weighted by atomic mass is 10.1. The van der Waals surface area contributed by atoms with Crippen molar-refractivity contribution in [3.8, 4) is 0 Å². The SMILES string of the molecule is COC(=O)C1CN(C(=O)OC(C)(C)C)CCN1C(=O)CCN1C(=O)c2ccccc2C1=O.COC(=O)C1CNCCN1C(=O)CCN1C(=O)c2ccccc2C1=O. The zero-order valence-corrected chi connectivity index (χ0v) is 32.5. The van der Waals surface area contributed by atoms with E-state index in [-0.39, 0.29) is 51.5 Å². The number of rotatable bonds is 8. The average Bonchev–Trinajstić information content (AvgIpc) is 3.60. The van der Waals surface area contributed by atoms with Crippen molar-refractivity contribution in [2.45, 2.75) is 51.3 Å². The van der Waals surface area contributed by atoms with Gasteiger partial charge in [0, 0.05) is 58.7 Å². The number of carbonyl (C=O) groups excluding carboxylic acids is 9. The lowest BCUT2D eigenvalue weighted by Crippen LogP contribution is -2.60. The van der Waals surface area contributed by atoms with Gasteiger partial charge in [-0.15, -0.1) is 0 Å². The van der Waals surface area contributed by atoms with Gasteiger partial charge >= 0.3 is 18.0 Å². The Hall–Kier alpha value is -6.17. The molecule has 7 amide bonds. The first-order chi connectivity index (χ1) is 27.1. The number of imide groups is 2. The van der Waals surface area contributed by atoms with Gasteiger partial charge in [-0.3, -0.25) is 38.6 Å². The van der Waals surface area contributed by atoms with Crippen molar-refractivity contribution >= 4 is 53.5 Å². The zero-order chi connectivity index (χ0) is 41.6. The van der Waals surface area contributed by atoms with Crippen LogP contribution in [0.4, 0.5) is 4.79 Å². The first-order valence-corrected chi connectivity index (χ1v) is 18.4. The lowest BCUT2D eigenvalue weighted by Gasteiger charge is -2.40. The van der Waals surface area contributed by atoms with E-state index in [9.17, 15) is 43.2 Å². The maximum Gasteiger partial charge on any atom is 0.410 e. The topological polar surface area (TPSA) is 210 Å². The molecule has 0 bridgehead atoms. The molecule has 0 aliphatic carbocycles. The molecule has 2 fully saturated rings. The molecule has 18 nitrogen and oxygen atoms in total. The van der Waals surface area contributed by atoms with Crippen LogP contribution in [0.15, 0.2) is 48.5 Å². The van der Waals surface area contributed by atoms with Crippen LogP contribution in [-0.4, -0.2) is 162 Å². The Kier molecular flexibility index (Phi) is 13.1. The summed E-state index contributed by atoms with van der Waals surface area (Å²) in [5.74, 6) is -3.52. The molecule has 2 saturated heterocycles. The van der Waals surface area contributed by atoms with Crippen LogP contribution in [0.3, 0.4) is 0 Å². The van der Waals surface area contributed by atoms with Gasteiger partial charge in [-0.05, 0) is 45.0 Å². The monoisotopic (exact) mass is 790 g/mol. The van der Waals surface area contributed by atoms with Gasteiger partial charge in [0.05, 0.1) is 43.0 Å². The molecule has 0 saturated carbocycles. The number of ether oxygens (including phenoxy) is 3. The molecule has 4 aliphatic heterocycles. The Bertz CT molecular complexity index is 1890. The van der Waals surface area contributed by atoms with Crippen LogP contribution in [0, 0.1) is 0 Å². The van der Waals surface area contributed by atoms with Crippen molar-refractivity contribution in [3.05, 3.63) is 70.8 Å². The Morgan fingerprint density at radius 3 is 1.49 bits per heavy atom. The van der Waals surface area contributed by atoms with Gasteiger partial charge in [-0.25, -0.2) is 14.4 Å². The number of benzene rings is 2. The number of fused-ring (bicyclic) bond motifs is 2. The van der Waals surface area contributed by atoms with Crippen molar-refractivity contribution < 1.29 is 57.4 Å². The number of nitrogens with zero attached hydrogens (tertiary/aromatic N) is 5. The Labute approximate surface area is 328 Å². The minimum Gasteiger partial charge on any atom is -0.467 e. The molecular weight excluding hydrogens is 744 g/mol. The maximum absolute atomic E-state index is 12.9. The van der Waals surface area contributed by atoms with E-state index < -0.39 is 65.3 Å². The van der Waals surface area contributed by atoms with E-state index >= 15 is 0 Å². The number of carbonyl (C=O) groups is 9. The van der Waals surface area contributed by atoms with Crippen LogP contribution >= 0.6 is 0 Å². The van der Waals surface area contributed by atoms with Crippen LogP contribution < -0.4 is 5.32 Å². The average molecular weight is 791 g/mol. The van der Waals surface area contributed by atoms with E-state index in [0.717, 1.165) is 9.80 Å². The van der Waals surface area contributed by atoms with E-state index in [1.54, 1.807) is 69.3 Å². The van der Waals surface area contributed by atoms with Gasteiger partial charge in [-0.1, -0.05) is 24.3 Å². The molecule has 4 heterocycles. The van der Waals surface area contributed by atoms with Crippen LogP contribution in [-0.2, 0) is 33.4 Å². The summed E-state index contributed by atoms with van der Waals surface area (Å²) in [6, 6.07) is 11.4. The number of piperazine rings is 2. The third-order valence-corrected chi connectivity index (χ3v) is 9.72. The largest absolute Gasteiger partial charge is 0.467 e. The summed E-state index contributed by atoms with van der Waals surface area (Å²) < 4.78 is 14.9. The number of hydrogen-bond acceptors (Lipinski definition) is 13. The summed E-state index contributed by atoms with van der Waals surface area (Å²) in [5, 5.41) is 3.04. The molecule has 304 valence electrons. The summed E-state index contributed by atoms with van der Waals surface area (Å²) in [6.07, 6.45) is -0.755. The molecule has 57 heavy (non-hydrogen) atoms. The van der Waals surface area contributed by atoms with Crippen LogP contribution in [0.25, 0.3) is 0 Å². The zero-order valence-electron chi connectivity index (χ0n) is 32.5. The molecule has 2 aromatic carbocycles. The van der Waals surface area contributed by atoms with E-state index in [2.05, 4.69) is 5.32 Å². The second-order valence-corrected chi connectivity index (χ2v) is 14.5. The summed E-state index contributed by atoms with van der Waals surface area (Å²) in [7, 11) is 2.48. The lowest BCUT2D eigenvalue weighted by molar-refractivity contribution is -0.156. The highest BCUT2D eigenvalue weighted by molar-refractivity contribution is 6.22. The van der Waals surface area contributed by atoms with Crippen LogP contribution in [0.1, 0.15) is 75.0 Å². The molecule has 18 heteroatoms. The standard InChI is InChI=1S/C22H27N3O7.C17H19N3O5/c1-22(2,3)32-21(30)23-11-12-24(16(13-23)20(29)31-4)17(26)9-10-25-18(27)14-7-5-6-8-15(14)19(25)28;1-25-17(24)13-10-18-7-9-19(13)14(21)6-8-20-15(22)11-4-2-3-5-12(11)16(20)23/h5-8,16H,9-13H2,1-4H3;2-5,13,18H,6-10H2,1H3. The third kappa shape index (κ3) is 9.28. The first-order valence-electron chi connectivity index (χ1n) is 18.4. The minimum atomic E-state index is -1.00. The fourth-order valence-corrected chi connectivity index (χ4v) is 6.85. The van der Waals surface area contributed by atoms with Gasteiger partial charge in [0.15, 0.2) is 0 Å². The quantitative estimate of drug-likeness (QED) is 0.225. The summed E-state index contributed by atoms with van der Waals surface area (Å²) in [5.41, 5.74) is 0.632. The van der Waals surface area contributed by atoms with E-state index in [1.807, 2.05) is 0 Å². The van der Waals surface area contributed by atoms with E-state index in [4.69, 9.17) is 14.2 Å². The second-order valence-electron chi connectivity index (χ2n) is 14.5. The van der Waals surface area contributed by atoms with Crippen LogP contribution in [0.5, 0.6) is 0 Å². The normalized spacial score (nSPS) is 19.1. The Balaban J connectivity index is 0.000000224. The van der Waals surface area contributed by atoms with E-state index in [1.165, 1.54) is 28.9 Å². The van der Waals surface area contributed by atoms with Crippen molar-refractivity contribution in [1.82, 2.24) is 29.8 Å². The molecule has 0 radical (unpaired) electrons. The highest BCUT2D eigenvalue weighted by atomic mass is 16.6. The minimum absolute atomic E-state index is 0.0109. The van der Waals surface area contributed by atoms with Crippen molar-refractivity contribution in [3.63, 3.8) is 0 Å². The maximum atomic E-state index is 12.9. The highest BCUT2D eigenvalue weighted by Gasteiger charge is 2.41. The fraction of sp³-hybridized carbons (Fsp3) is 0.462. The van der Waals surface area contributed by atoms with E-state index in [0.29, 0.717) is 41.9 Å². The van der Waals surface area contributed by atoms with Crippen LogP contribution in [0.2, 0.25) is 0 Å². The number of nitrogens with one attached hydrogen (secondary N) is 1. The molecule has 4 aliphatic rings. The van der Waals surface area contributed by atoms with Crippen molar-refractivity contribution in [2.24, 2.45) is 0 Å². The smallest absolute Gasteiger partial charge is 0.410 e. The Morgan fingerprint density at radius 2 is 1.07 bits per heavy atom. The van der Waals surface area contributed by atoms with Gasteiger partial charge < -0.3 is 34.2 Å². The molecule has 2 unspecified atom stereocenters. The molecule has 2 aromatic rings. The summed E-state index contributed by atoms with van der Waals surface area (Å²) >= 11 is 0. The summed E-state index contributed by atoms with van der Waals surface area (Å²) in [4.78, 5) is 118. The second kappa shape index (κ2) is 17.7. The fourth-order valence-electron chi connectivity index (χ4n) is 6.85. The van der Waals surface area contributed by atoms with Gasteiger partial charge in [0.1, 0.15) is 17.7 Å². The van der Waals surface area contributed by atoms with Gasteiger partial charge in [-0.2, -0.15) is 0 Å². The molecule has 0 spiro atoms. The molecular formula is C39H46N6O12. The van der Waals surface area contributed by atoms with Crippen molar-refractivity contribution in [1.29, 1.82) is 0 Å². The number of esters is 2. The number of methoxy groups -OCH3 is 2. The van der Waals surface area contributed by atoms with Crippen molar-refractivity contribution in [2.75, 3.05) is 66.6 Å². The number of amides is 7. The number of hydrogen-bond donors (Lipinski definition) is 1. The van der Waals surface area contributed by atoms with Gasteiger partial charge in [0.25, 0.3) is 23.6 Å². The molecule has 1 N–H and O–H groups in total. The Morgan fingerprint density at radius 1 is 0.649 bits per heavy atom. The third-order valence-electron chi connectivity index (χ3n) is 9.72.